The number of piperidine rings is 1. The quantitative estimate of drug-likeness (QED) is 0.819. The standard InChI is InChI=1S/C12H16N2O3/c1-17-9-5-7-14(8-6-9)12(16)10-3-2-4-11(15)13-10/h2-4,9H,5-8H2,1H3,(H,13,15). The summed E-state index contributed by atoms with van der Waals surface area (Å²) >= 11 is 0. The number of nitrogens with one attached hydrogen (secondary N) is 1. The predicted molar refractivity (Wildman–Crippen MR) is 63.0 cm³/mol. The van der Waals surface area contributed by atoms with Crippen molar-refractivity contribution in [2.75, 3.05) is 20.2 Å². The van der Waals surface area contributed by atoms with Gasteiger partial charge in [0.25, 0.3) is 5.91 Å². The number of ether oxygens (including phenoxy) is 1. The van der Waals surface area contributed by atoms with E-state index in [1.54, 1.807) is 24.1 Å². The Labute approximate surface area is 99.4 Å². The molecule has 1 N–H and O–H groups in total. The van der Waals surface area contributed by atoms with Crippen LogP contribution in [-0.2, 0) is 4.74 Å². The second-order valence-corrected chi connectivity index (χ2v) is 4.16. The highest BCUT2D eigenvalue weighted by atomic mass is 16.5. The van der Waals surface area contributed by atoms with Crippen LogP contribution in [0.2, 0.25) is 0 Å². The van der Waals surface area contributed by atoms with Crippen molar-refractivity contribution in [2.45, 2.75) is 18.9 Å². The van der Waals surface area contributed by atoms with Crippen molar-refractivity contribution in [1.82, 2.24) is 9.88 Å². The first-order valence-corrected chi connectivity index (χ1v) is 5.72. The molecule has 1 aliphatic rings. The fourth-order valence-electron chi connectivity index (χ4n) is 2.04. The molecule has 1 saturated heterocycles. The minimum atomic E-state index is -0.248. The molecule has 5 heteroatoms. The van der Waals surface area contributed by atoms with Gasteiger partial charge in [-0.1, -0.05) is 6.07 Å². The van der Waals surface area contributed by atoms with Crippen LogP contribution in [0.4, 0.5) is 0 Å². The SMILES string of the molecule is COC1CCN(C(=O)c2cccc(=O)[nH]2)CC1. The minimum absolute atomic E-state index is 0.114. The zero-order chi connectivity index (χ0) is 12.3. The maximum atomic E-state index is 12.1. The average Bonchev–Trinajstić information content (AvgIpc) is 2.38. The van der Waals surface area contributed by atoms with Gasteiger partial charge >= 0.3 is 0 Å². The van der Waals surface area contributed by atoms with E-state index in [0.717, 1.165) is 12.8 Å². The maximum absolute atomic E-state index is 12.1. The lowest BCUT2D eigenvalue weighted by Gasteiger charge is -2.31. The fourth-order valence-corrected chi connectivity index (χ4v) is 2.04. The van der Waals surface area contributed by atoms with Crippen molar-refractivity contribution in [2.24, 2.45) is 0 Å². The first-order valence-electron chi connectivity index (χ1n) is 5.72. The largest absolute Gasteiger partial charge is 0.381 e. The Morgan fingerprint density at radius 1 is 1.41 bits per heavy atom. The molecule has 5 nitrogen and oxygen atoms in total. The number of hydrogen-bond acceptors (Lipinski definition) is 3. The lowest BCUT2D eigenvalue weighted by molar-refractivity contribution is 0.0347. The number of H-pyrrole nitrogens is 1. The van der Waals surface area contributed by atoms with Crippen molar-refractivity contribution >= 4 is 5.91 Å². The van der Waals surface area contributed by atoms with Crippen LogP contribution >= 0.6 is 0 Å². The topological polar surface area (TPSA) is 62.4 Å². The normalized spacial score (nSPS) is 17.1. The highest BCUT2D eigenvalue weighted by molar-refractivity contribution is 5.92. The third-order valence-electron chi connectivity index (χ3n) is 3.06. The predicted octanol–water partition coefficient (Wildman–Crippen LogP) is 0.626. The molecule has 1 fully saturated rings. The molecule has 2 heterocycles. The molecule has 0 aromatic carbocycles. The summed E-state index contributed by atoms with van der Waals surface area (Å²) in [7, 11) is 1.69. The van der Waals surface area contributed by atoms with Crippen molar-refractivity contribution in [3.05, 3.63) is 34.2 Å². The van der Waals surface area contributed by atoms with E-state index in [-0.39, 0.29) is 17.6 Å². The van der Waals surface area contributed by atoms with E-state index in [2.05, 4.69) is 4.98 Å². The van der Waals surface area contributed by atoms with Crippen molar-refractivity contribution in [3.8, 4) is 0 Å². The second-order valence-electron chi connectivity index (χ2n) is 4.16. The first-order chi connectivity index (χ1) is 8.20. The molecule has 17 heavy (non-hydrogen) atoms. The summed E-state index contributed by atoms with van der Waals surface area (Å²) in [6.07, 6.45) is 1.94. The summed E-state index contributed by atoms with van der Waals surface area (Å²) in [6, 6.07) is 4.62. The number of methoxy groups -OCH3 is 1. The molecule has 0 radical (unpaired) electrons. The van der Waals surface area contributed by atoms with Crippen LogP contribution in [0.25, 0.3) is 0 Å². The zero-order valence-corrected chi connectivity index (χ0v) is 9.81. The van der Waals surface area contributed by atoms with Gasteiger partial charge in [0.2, 0.25) is 5.56 Å². The number of hydrogen-bond donors (Lipinski definition) is 1. The summed E-state index contributed by atoms with van der Waals surface area (Å²) in [6.45, 7) is 1.35. The second kappa shape index (κ2) is 5.14. The molecular formula is C12H16N2O3. The van der Waals surface area contributed by atoms with Crippen LogP contribution in [0, 0.1) is 0 Å². The number of rotatable bonds is 2. The molecule has 0 unspecified atom stereocenters. The zero-order valence-electron chi connectivity index (χ0n) is 9.81. The van der Waals surface area contributed by atoms with Gasteiger partial charge in [0, 0.05) is 26.3 Å². The Balaban J connectivity index is 2.04. The van der Waals surface area contributed by atoms with Gasteiger partial charge < -0.3 is 14.6 Å². The van der Waals surface area contributed by atoms with Crippen LogP contribution in [-0.4, -0.2) is 42.1 Å². The third kappa shape index (κ3) is 2.74. The van der Waals surface area contributed by atoms with Crippen molar-refractivity contribution < 1.29 is 9.53 Å². The van der Waals surface area contributed by atoms with Crippen LogP contribution < -0.4 is 5.56 Å². The minimum Gasteiger partial charge on any atom is -0.381 e. The maximum Gasteiger partial charge on any atom is 0.270 e. The van der Waals surface area contributed by atoms with Gasteiger partial charge in [0.15, 0.2) is 0 Å². The molecule has 0 saturated carbocycles. The number of pyridine rings is 1. The lowest BCUT2D eigenvalue weighted by atomic mass is 10.1. The Morgan fingerprint density at radius 3 is 2.71 bits per heavy atom. The first kappa shape index (κ1) is 11.9. The van der Waals surface area contributed by atoms with Gasteiger partial charge in [-0.05, 0) is 18.9 Å². The number of likely N-dealkylation sites (tertiary alicyclic amines) is 1. The van der Waals surface area contributed by atoms with Crippen LogP contribution in [0.1, 0.15) is 23.3 Å². The molecule has 1 aromatic rings. The van der Waals surface area contributed by atoms with E-state index < -0.39 is 0 Å². The van der Waals surface area contributed by atoms with Crippen LogP contribution in [0.5, 0.6) is 0 Å². The van der Waals surface area contributed by atoms with E-state index in [4.69, 9.17) is 4.74 Å². The van der Waals surface area contributed by atoms with E-state index in [1.807, 2.05) is 0 Å². The van der Waals surface area contributed by atoms with Gasteiger partial charge in [-0.2, -0.15) is 0 Å². The smallest absolute Gasteiger partial charge is 0.270 e. The van der Waals surface area contributed by atoms with E-state index in [9.17, 15) is 9.59 Å². The Kier molecular flexibility index (Phi) is 3.58. The van der Waals surface area contributed by atoms with Gasteiger partial charge in [-0.3, -0.25) is 9.59 Å². The molecule has 0 bridgehead atoms. The average molecular weight is 236 g/mol. The molecule has 0 atom stereocenters. The number of aromatic nitrogens is 1. The fraction of sp³-hybridized carbons (Fsp3) is 0.500. The number of nitrogens with zero attached hydrogens (tertiary/aromatic N) is 1. The molecule has 92 valence electrons. The van der Waals surface area contributed by atoms with Gasteiger partial charge in [0.05, 0.1) is 6.10 Å². The van der Waals surface area contributed by atoms with Gasteiger partial charge in [-0.25, -0.2) is 0 Å². The summed E-state index contributed by atoms with van der Waals surface area (Å²) < 4.78 is 5.25. The molecule has 1 aliphatic heterocycles. The van der Waals surface area contributed by atoms with Gasteiger partial charge in [-0.15, -0.1) is 0 Å². The molecule has 0 aliphatic carbocycles. The highest BCUT2D eigenvalue weighted by Crippen LogP contribution is 2.14. The molecule has 2 rings (SSSR count). The Hall–Kier alpha value is -1.62. The number of aromatic amines is 1. The summed E-state index contributed by atoms with van der Waals surface area (Å²) in [4.78, 5) is 27.5. The van der Waals surface area contributed by atoms with E-state index in [1.165, 1.54) is 6.07 Å². The summed E-state index contributed by atoms with van der Waals surface area (Å²) in [5.41, 5.74) is 0.107. The lowest BCUT2D eigenvalue weighted by Crippen LogP contribution is -2.41. The Morgan fingerprint density at radius 2 is 2.12 bits per heavy atom. The molecule has 1 aromatic heterocycles. The molecule has 1 amide bonds. The highest BCUT2D eigenvalue weighted by Gasteiger charge is 2.23. The van der Waals surface area contributed by atoms with Crippen molar-refractivity contribution in [1.29, 1.82) is 0 Å². The molecule has 0 spiro atoms. The number of amides is 1. The third-order valence-corrected chi connectivity index (χ3v) is 3.06. The number of carbonyl (C=O) groups is 1. The van der Waals surface area contributed by atoms with Crippen LogP contribution in [0.15, 0.2) is 23.0 Å². The van der Waals surface area contributed by atoms with Gasteiger partial charge in [0.1, 0.15) is 5.69 Å². The Bertz CT molecular complexity index is 447. The van der Waals surface area contributed by atoms with Crippen LogP contribution in [0.3, 0.4) is 0 Å². The van der Waals surface area contributed by atoms with E-state index in [0.29, 0.717) is 18.8 Å². The summed E-state index contributed by atoms with van der Waals surface area (Å²) in [5, 5.41) is 0. The number of carbonyl (C=O) groups excluding carboxylic acids is 1. The monoisotopic (exact) mass is 236 g/mol. The summed E-state index contributed by atoms with van der Waals surface area (Å²) in [5.74, 6) is -0.114. The van der Waals surface area contributed by atoms with Crippen molar-refractivity contribution in [3.63, 3.8) is 0 Å². The molecular weight excluding hydrogens is 220 g/mol. The van der Waals surface area contributed by atoms with E-state index >= 15 is 0 Å².